The molecular weight excluding hydrogens is 474 g/mol. The van der Waals surface area contributed by atoms with Crippen molar-refractivity contribution in [2.75, 3.05) is 26.1 Å². The molecule has 10 nitrogen and oxygen atoms in total. The Bertz CT molecular complexity index is 1430. The number of hydrogen-bond donors (Lipinski definition) is 1. The second-order valence-corrected chi connectivity index (χ2v) is 7.99. The first-order valence-electron chi connectivity index (χ1n) is 10.3. The summed E-state index contributed by atoms with van der Waals surface area (Å²) < 4.78 is 22.8. The number of aromatic nitrogens is 2. The molecular formula is C24H21N3O7S. The number of benzene rings is 2. The molecule has 11 heteroatoms. The molecule has 1 amide bonds. The van der Waals surface area contributed by atoms with Gasteiger partial charge < -0.3 is 24.3 Å². The van der Waals surface area contributed by atoms with Gasteiger partial charge in [-0.25, -0.2) is 9.78 Å². The highest BCUT2D eigenvalue weighted by molar-refractivity contribution is 7.15. The molecule has 4 rings (SSSR count). The van der Waals surface area contributed by atoms with E-state index in [1.807, 2.05) is 0 Å². The van der Waals surface area contributed by atoms with Gasteiger partial charge in [0.05, 0.1) is 31.2 Å². The molecule has 0 aliphatic heterocycles. The number of anilines is 1. The van der Waals surface area contributed by atoms with Crippen LogP contribution in [0.3, 0.4) is 0 Å². The molecule has 2 heterocycles. The number of para-hydroxylation sites is 2. The Kier molecular flexibility index (Phi) is 7.27. The van der Waals surface area contributed by atoms with Gasteiger partial charge in [-0.1, -0.05) is 12.1 Å². The maximum Gasteiger partial charge on any atom is 0.338 e. The molecule has 4 aromatic rings. The Balaban J connectivity index is 1.37. The van der Waals surface area contributed by atoms with E-state index in [-0.39, 0.29) is 35.8 Å². The lowest BCUT2D eigenvalue weighted by Crippen LogP contribution is -2.20. The van der Waals surface area contributed by atoms with E-state index in [0.29, 0.717) is 22.1 Å². The van der Waals surface area contributed by atoms with E-state index in [4.69, 9.17) is 18.9 Å². The van der Waals surface area contributed by atoms with Crippen LogP contribution in [0.4, 0.5) is 5.69 Å². The van der Waals surface area contributed by atoms with Crippen molar-refractivity contribution in [3.05, 3.63) is 81.7 Å². The van der Waals surface area contributed by atoms with Gasteiger partial charge in [-0.05, 0) is 30.3 Å². The lowest BCUT2D eigenvalue weighted by molar-refractivity contribution is -0.118. The van der Waals surface area contributed by atoms with Crippen LogP contribution < -0.4 is 25.1 Å². The molecule has 35 heavy (non-hydrogen) atoms. The number of methoxy groups -OCH3 is 2. The van der Waals surface area contributed by atoms with Gasteiger partial charge in [0.1, 0.15) is 12.4 Å². The lowest BCUT2D eigenvalue weighted by Gasteiger charge is -2.13. The van der Waals surface area contributed by atoms with Crippen molar-refractivity contribution in [1.29, 1.82) is 0 Å². The maximum absolute atomic E-state index is 12.5. The average Bonchev–Trinajstić information content (AvgIpc) is 3.35. The third-order valence-corrected chi connectivity index (χ3v) is 5.60. The highest BCUT2D eigenvalue weighted by Gasteiger charge is 2.15. The lowest BCUT2D eigenvalue weighted by atomic mass is 10.2. The van der Waals surface area contributed by atoms with Crippen LogP contribution in [0, 0.1) is 0 Å². The fraction of sp³-hybridized carbons (Fsp3) is 0.167. The van der Waals surface area contributed by atoms with Crippen molar-refractivity contribution in [3.8, 4) is 17.2 Å². The number of hydrogen-bond acceptors (Lipinski definition) is 9. The molecule has 1 N–H and O–H groups in total. The number of esters is 1. The quantitative estimate of drug-likeness (QED) is 0.352. The number of ether oxygens (including phenoxy) is 4. The summed E-state index contributed by atoms with van der Waals surface area (Å²) in [4.78, 5) is 41.7. The summed E-state index contributed by atoms with van der Waals surface area (Å²) in [6, 6.07) is 12.8. The molecule has 0 atom stereocenters. The summed E-state index contributed by atoms with van der Waals surface area (Å²) in [6.45, 7) is -0.448. The Labute approximate surface area is 203 Å². The van der Waals surface area contributed by atoms with Crippen LogP contribution in [0.2, 0.25) is 0 Å². The van der Waals surface area contributed by atoms with Gasteiger partial charge in [0.2, 0.25) is 0 Å². The molecule has 0 spiro atoms. The smallest absolute Gasteiger partial charge is 0.338 e. The van der Waals surface area contributed by atoms with E-state index in [1.165, 1.54) is 54.2 Å². The number of amides is 1. The predicted molar refractivity (Wildman–Crippen MR) is 129 cm³/mol. The minimum absolute atomic E-state index is 0.161. The molecule has 0 saturated carbocycles. The van der Waals surface area contributed by atoms with Crippen LogP contribution in [0.5, 0.6) is 17.2 Å². The fourth-order valence-electron chi connectivity index (χ4n) is 3.18. The van der Waals surface area contributed by atoms with Gasteiger partial charge in [0.15, 0.2) is 23.1 Å². The zero-order valence-electron chi connectivity index (χ0n) is 18.8. The Morgan fingerprint density at radius 3 is 2.63 bits per heavy atom. The highest BCUT2D eigenvalue weighted by Crippen LogP contribution is 2.29. The van der Waals surface area contributed by atoms with Crippen LogP contribution in [-0.2, 0) is 16.1 Å². The second kappa shape index (κ2) is 10.7. The summed E-state index contributed by atoms with van der Waals surface area (Å²) in [5.41, 5.74) is 0.824. The highest BCUT2D eigenvalue weighted by atomic mass is 32.1. The second-order valence-electron chi connectivity index (χ2n) is 7.12. The number of carbonyl (C=O) groups excluding carboxylic acids is 2. The number of nitrogens with zero attached hydrogens (tertiary/aromatic N) is 2. The third kappa shape index (κ3) is 5.58. The van der Waals surface area contributed by atoms with E-state index in [9.17, 15) is 14.4 Å². The number of rotatable bonds is 9. The van der Waals surface area contributed by atoms with Gasteiger partial charge in [0, 0.05) is 17.6 Å². The molecule has 0 radical (unpaired) electrons. The van der Waals surface area contributed by atoms with Gasteiger partial charge in [-0.2, -0.15) is 0 Å². The van der Waals surface area contributed by atoms with Crippen molar-refractivity contribution in [3.63, 3.8) is 0 Å². The molecule has 0 aliphatic rings. The van der Waals surface area contributed by atoms with E-state index >= 15 is 0 Å². The first-order valence-corrected chi connectivity index (χ1v) is 11.2. The van der Waals surface area contributed by atoms with Gasteiger partial charge in [-0.3, -0.25) is 14.0 Å². The molecule has 0 bridgehead atoms. The first kappa shape index (κ1) is 23.8. The molecule has 0 aliphatic carbocycles. The predicted octanol–water partition coefficient (Wildman–Crippen LogP) is 3.15. The van der Waals surface area contributed by atoms with E-state index in [2.05, 4.69) is 10.3 Å². The average molecular weight is 496 g/mol. The van der Waals surface area contributed by atoms with Gasteiger partial charge >= 0.3 is 5.97 Å². The van der Waals surface area contributed by atoms with Crippen LogP contribution in [0.15, 0.2) is 64.9 Å². The zero-order chi connectivity index (χ0) is 24.8. The van der Waals surface area contributed by atoms with Crippen LogP contribution >= 0.6 is 11.3 Å². The summed E-state index contributed by atoms with van der Waals surface area (Å²) >= 11 is 1.31. The topological polar surface area (TPSA) is 117 Å². The number of carbonyl (C=O) groups is 2. The van der Waals surface area contributed by atoms with Crippen molar-refractivity contribution in [2.24, 2.45) is 0 Å². The standard InChI is InChI=1S/C24H21N3O7S/c1-31-18-6-4-3-5-17(18)26-21(28)14-33-19-8-7-15(11-20(19)32-2)23(30)34-13-16-12-22(29)27-9-10-35-24(27)25-16/h3-12H,13-14H2,1-2H3,(H,26,28). The third-order valence-electron chi connectivity index (χ3n) is 4.85. The minimum Gasteiger partial charge on any atom is -0.495 e. The number of thiazole rings is 1. The van der Waals surface area contributed by atoms with Crippen LogP contribution in [0.25, 0.3) is 4.96 Å². The maximum atomic E-state index is 12.5. The van der Waals surface area contributed by atoms with E-state index in [0.717, 1.165) is 0 Å². The van der Waals surface area contributed by atoms with Gasteiger partial charge in [0.25, 0.3) is 11.5 Å². The van der Waals surface area contributed by atoms with Crippen molar-refractivity contribution >= 4 is 33.9 Å². The largest absolute Gasteiger partial charge is 0.495 e. The molecule has 0 unspecified atom stereocenters. The Morgan fingerprint density at radius 2 is 1.83 bits per heavy atom. The Hall–Kier alpha value is -4.38. The van der Waals surface area contributed by atoms with Gasteiger partial charge in [-0.15, -0.1) is 11.3 Å². The fourth-order valence-corrected chi connectivity index (χ4v) is 3.91. The molecule has 180 valence electrons. The van der Waals surface area contributed by atoms with Crippen LogP contribution in [0.1, 0.15) is 16.1 Å². The summed E-state index contributed by atoms with van der Waals surface area (Å²) in [7, 11) is 2.93. The monoisotopic (exact) mass is 495 g/mol. The number of nitrogens with one attached hydrogen (secondary N) is 1. The van der Waals surface area contributed by atoms with Crippen molar-refractivity contribution in [1.82, 2.24) is 9.38 Å². The molecule has 0 saturated heterocycles. The van der Waals surface area contributed by atoms with Crippen molar-refractivity contribution < 1.29 is 28.5 Å². The molecule has 0 fully saturated rings. The molecule has 2 aromatic carbocycles. The summed E-state index contributed by atoms with van der Waals surface area (Å²) in [5.74, 6) is 0.0260. The van der Waals surface area contributed by atoms with E-state index < -0.39 is 11.9 Å². The normalized spacial score (nSPS) is 10.6. The minimum atomic E-state index is -0.628. The first-order chi connectivity index (χ1) is 17.0. The van der Waals surface area contributed by atoms with Crippen LogP contribution in [-0.4, -0.2) is 42.1 Å². The SMILES string of the molecule is COc1ccccc1NC(=O)COc1ccc(C(=O)OCc2cc(=O)n3ccsc3n2)cc1OC. The Morgan fingerprint density at radius 1 is 1.03 bits per heavy atom. The summed E-state index contributed by atoms with van der Waals surface area (Å²) in [5, 5.41) is 4.46. The zero-order valence-corrected chi connectivity index (χ0v) is 19.7. The molecule has 2 aromatic heterocycles. The summed E-state index contributed by atoms with van der Waals surface area (Å²) in [6.07, 6.45) is 1.63. The number of fused-ring (bicyclic) bond motifs is 1. The van der Waals surface area contributed by atoms with E-state index in [1.54, 1.807) is 35.8 Å². The van der Waals surface area contributed by atoms with Crippen molar-refractivity contribution in [2.45, 2.75) is 6.61 Å².